The average Bonchev–Trinajstić information content (AvgIpc) is 3.03. The van der Waals surface area contributed by atoms with Crippen molar-refractivity contribution in [3.63, 3.8) is 0 Å². The minimum Gasteiger partial charge on any atom is -0.444 e. The molecule has 2 N–H and O–H groups in total. The van der Waals surface area contributed by atoms with Gasteiger partial charge < -0.3 is 19.8 Å². The summed E-state index contributed by atoms with van der Waals surface area (Å²) in [6.07, 6.45) is 0. The van der Waals surface area contributed by atoms with Crippen molar-refractivity contribution in [3.8, 4) is 0 Å². The molecule has 1 aliphatic heterocycles. The maximum Gasteiger partial charge on any atom is 0.214 e. The summed E-state index contributed by atoms with van der Waals surface area (Å²) in [5.41, 5.74) is 3.44. The van der Waals surface area contributed by atoms with E-state index in [1.54, 1.807) is 0 Å². The Kier molecular flexibility index (Phi) is 7.45. The highest BCUT2D eigenvalue weighted by atomic mass is 16.5. The number of morpholine rings is 1. The van der Waals surface area contributed by atoms with Crippen LogP contribution in [0.25, 0.3) is 0 Å². The van der Waals surface area contributed by atoms with Crippen LogP contribution in [0.15, 0.2) is 33.7 Å². The van der Waals surface area contributed by atoms with Gasteiger partial charge in [-0.3, -0.25) is 4.90 Å². The van der Waals surface area contributed by atoms with E-state index in [9.17, 15) is 0 Å². The van der Waals surface area contributed by atoms with Crippen molar-refractivity contribution < 1.29 is 9.15 Å². The Morgan fingerprint density at radius 2 is 1.96 bits per heavy atom. The van der Waals surface area contributed by atoms with Crippen molar-refractivity contribution in [2.45, 2.75) is 40.4 Å². The van der Waals surface area contributed by atoms with Gasteiger partial charge in [0.1, 0.15) is 5.76 Å². The predicted molar refractivity (Wildman–Crippen MR) is 110 cm³/mol. The maximum absolute atomic E-state index is 5.62. The summed E-state index contributed by atoms with van der Waals surface area (Å²) in [5, 5.41) is 6.56. The first-order chi connectivity index (χ1) is 13.6. The van der Waals surface area contributed by atoms with E-state index in [2.05, 4.69) is 51.7 Å². The molecule has 0 saturated carbocycles. The number of ether oxygens (including phenoxy) is 1. The van der Waals surface area contributed by atoms with Crippen LogP contribution in [0.2, 0.25) is 0 Å². The van der Waals surface area contributed by atoms with E-state index in [1.807, 2.05) is 13.8 Å². The molecule has 1 aromatic heterocycles. The van der Waals surface area contributed by atoms with E-state index in [0.29, 0.717) is 19.0 Å². The van der Waals surface area contributed by atoms with Crippen molar-refractivity contribution in [2.75, 3.05) is 32.8 Å². The second-order valence-electron chi connectivity index (χ2n) is 7.01. The number of aliphatic imine (C=N–C) groups is 1. The number of hydrogen-bond donors (Lipinski definition) is 2. The Morgan fingerprint density at radius 1 is 1.18 bits per heavy atom. The molecular weight excluding hydrogens is 354 g/mol. The molecule has 0 aliphatic carbocycles. The molecular formula is C21H31N5O2. The molecule has 28 heavy (non-hydrogen) atoms. The molecule has 0 spiro atoms. The van der Waals surface area contributed by atoms with Gasteiger partial charge >= 0.3 is 0 Å². The lowest BCUT2D eigenvalue weighted by atomic mass is 10.1. The highest BCUT2D eigenvalue weighted by molar-refractivity contribution is 5.79. The summed E-state index contributed by atoms with van der Waals surface area (Å²) >= 11 is 0. The molecule has 1 fully saturated rings. The summed E-state index contributed by atoms with van der Waals surface area (Å²) in [5.74, 6) is 2.29. The number of nitrogens with one attached hydrogen (secondary N) is 2. The number of rotatable bonds is 7. The van der Waals surface area contributed by atoms with Crippen LogP contribution >= 0.6 is 0 Å². The zero-order valence-electron chi connectivity index (χ0n) is 17.1. The van der Waals surface area contributed by atoms with E-state index >= 15 is 0 Å². The van der Waals surface area contributed by atoms with Crippen LogP contribution in [0.3, 0.4) is 0 Å². The van der Waals surface area contributed by atoms with Gasteiger partial charge in [-0.05, 0) is 31.9 Å². The Bertz CT molecular complexity index is 761. The fourth-order valence-electron chi connectivity index (χ4n) is 3.13. The fourth-order valence-corrected chi connectivity index (χ4v) is 3.13. The molecule has 0 atom stereocenters. The summed E-state index contributed by atoms with van der Waals surface area (Å²) in [6.45, 7) is 12.5. The third-order valence-electron chi connectivity index (χ3n) is 4.75. The van der Waals surface area contributed by atoms with E-state index < -0.39 is 0 Å². The largest absolute Gasteiger partial charge is 0.444 e. The lowest BCUT2D eigenvalue weighted by Crippen LogP contribution is -2.36. The van der Waals surface area contributed by atoms with Gasteiger partial charge in [-0.15, -0.1) is 0 Å². The topological polar surface area (TPSA) is 74.9 Å². The summed E-state index contributed by atoms with van der Waals surface area (Å²) in [4.78, 5) is 11.5. The van der Waals surface area contributed by atoms with Crippen LogP contribution in [0.5, 0.6) is 0 Å². The number of oxazole rings is 1. The zero-order valence-corrected chi connectivity index (χ0v) is 17.1. The van der Waals surface area contributed by atoms with E-state index in [-0.39, 0.29) is 0 Å². The van der Waals surface area contributed by atoms with Crippen LogP contribution in [0.1, 0.15) is 35.4 Å². The molecule has 3 rings (SSSR count). The number of aryl methyl sites for hydroxylation is 2. The van der Waals surface area contributed by atoms with Crippen LogP contribution in [-0.4, -0.2) is 48.7 Å². The molecule has 7 nitrogen and oxygen atoms in total. The van der Waals surface area contributed by atoms with Gasteiger partial charge in [0.25, 0.3) is 0 Å². The van der Waals surface area contributed by atoms with Crippen molar-refractivity contribution in [1.82, 2.24) is 20.5 Å². The van der Waals surface area contributed by atoms with Gasteiger partial charge in [0.2, 0.25) is 5.89 Å². The monoisotopic (exact) mass is 385 g/mol. The summed E-state index contributed by atoms with van der Waals surface area (Å²) in [6, 6.07) is 8.65. The van der Waals surface area contributed by atoms with Gasteiger partial charge in [-0.1, -0.05) is 24.3 Å². The van der Waals surface area contributed by atoms with Crippen molar-refractivity contribution in [3.05, 3.63) is 52.7 Å². The number of benzene rings is 1. The standard InChI is InChI=1S/C21H31N5O2/c1-4-22-21(24-14-20-25-16(2)17(3)28-20)23-13-18-6-5-7-19(12-18)15-26-8-10-27-11-9-26/h5-7,12H,4,8-11,13-15H2,1-3H3,(H2,22,23,24). The Morgan fingerprint density at radius 3 is 2.68 bits per heavy atom. The molecule has 0 amide bonds. The molecule has 152 valence electrons. The highest BCUT2D eigenvalue weighted by Gasteiger charge is 2.11. The molecule has 2 aromatic rings. The van der Waals surface area contributed by atoms with Crippen LogP contribution < -0.4 is 10.6 Å². The minimum absolute atomic E-state index is 0.511. The van der Waals surface area contributed by atoms with Gasteiger partial charge in [0.15, 0.2) is 5.96 Å². The first-order valence-electron chi connectivity index (χ1n) is 9.97. The maximum atomic E-state index is 5.62. The quantitative estimate of drug-likeness (QED) is 0.563. The molecule has 0 unspecified atom stereocenters. The van der Waals surface area contributed by atoms with Gasteiger partial charge in [0.05, 0.1) is 32.0 Å². The average molecular weight is 386 g/mol. The van der Waals surface area contributed by atoms with Crippen molar-refractivity contribution >= 4 is 5.96 Å². The molecule has 0 bridgehead atoms. The highest BCUT2D eigenvalue weighted by Crippen LogP contribution is 2.11. The van der Waals surface area contributed by atoms with Gasteiger partial charge in [0, 0.05) is 26.2 Å². The minimum atomic E-state index is 0.511. The normalized spacial score (nSPS) is 15.6. The zero-order chi connectivity index (χ0) is 19.8. The number of nitrogens with zero attached hydrogens (tertiary/aromatic N) is 3. The summed E-state index contributed by atoms with van der Waals surface area (Å²) < 4.78 is 11.1. The Hall–Kier alpha value is -2.38. The van der Waals surface area contributed by atoms with Crippen molar-refractivity contribution in [2.24, 2.45) is 4.99 Å². The van der Waals surface area contributed by atoms with Gasteiger partial charge in [-0.2, -0.15) is 0 Å². The van der Waals surface area contributed by atoms with Crippen LogP contribution in [0.4, 0.5) is 0 Å². The van der Waals surface area contributed by atoms with E-state index in [4.69, 9.17) is 14.1 Å². The third-order valence-corrected chi connectivity index (χ3v) is 4.75. The summed E-state index contributed by atoms with van der Waals surface area (Å²) in [7, 11) is 0. The van der Waals surface area contributed by atoms with E-state index in [1.165, 1.54) is 11.1 Å². The number of aromatic nitrogens is 1. The molecule has 1 saturated heterocycles. The molecule has 2 heterocycles. The lowest BCUT2D eigenvalue weighted by Gasteiger charge is -2.26. The lowest BCUT2D eigenvalue weighted by molar-refractivity contribution is 0.0342. The molecule has 1 aromatic carbocycles. The Labute approximate surface area is 167 Å². The van der Waals surface area contributed by atoms with E-state index in [0.717, 1.165) is 56.8 Å². The third kappa shape index (κ3) is 6.07. The Balaban J connectivity index is 1.57. The predicted octanol–water partition coefficient (Wildman–Crippen LogP) is 2.38. The SMILES string of the molecule is CCNC(=NCc1cccc(CN2CCOCC2)c1)NCc1nc(C)c(C)o1. The first-order valence-corrected chi connectivity index (χ1v) is 9.97. The first kappa shape index (κ1) is 20.4. The second kappa shape index (κ2) is 10.2. The molecule has 7 heteroatoms. The fraction of sp³-hybridized carbons (Fsp3) is 0.524. The van der Waals surface area contributed by atoms with Gasteiger partial charge in [-0.25, -0.2) is 9.98 Å². The second-order valence-corrected chi connectivity index (χ2v) is 7.01. The smallest absolute Gasteiger partial charge is 0.214 e. The molecule has 1 aliphatic rings. The van der Waals surface area contributed by atoms with Crippen LogP contribution in [-0.2, 0) is 24.4 Å². The number of guanidine groups is 1. The number of hydrogen-bond acceptors (Lipinski definition) is 5. The molecule has 0 radical (unpaired) electrons. The van der Waals surface area contributed by atoms with Crippen molar-refractivity contribution in [1.29, 1.82) is 0 Å². The van der Waals surface area contributed by atoms with Crippen LogP contribution in [0, 0.1) is 13.8 Å².